The van der Waals surface area contributed by atoms with Crippen molar-refractivity contribution in [3.8, 4) is 0 Å². The van der Waals surface area contributed by atoms with Crippen LogP contribution in [-0.2, 0) is 28.7 Å². The molecule has 0 spiro atoms. The van der Waals surface area contributed by atoms with Crippen molar-refractivity contribution in [3.05, 3.63) is 12.7 Å². The number of ether oxygens (including phenoxy) is 2. The Morgan fingerprint density at radius 1 is 1.42 bits per heavy atom. The van der Waals surface area contributed by atoms with Gasteiger partial charge in [0.2, 0.25) is 11.8 Å². The number of carbonyl (C=O) groups excluding carboxylic acids is 4. The summed E-state index contributed by atoms with van der Waals surface area (Å²) in [5, 5.41) is 2.16. The molecule has 2 aliphatic rings. The highest BCUT2D eigenvalue weighted by atomic mass is 32.2. The molecule has 0 bridgehead atoms. The average molecular weight is 356 g/mol. The van der Waals surface area contributed by atoms with Crippen LogP contribution in [0.1, 0.15) is 20.3 Å². The van der Waals surface area contributed by atoms with Crippen LogP contribution in [0.3, 0.4) is 0 Å². The number of nitrogens with one attached hydrogen (secondary N) is 1. The van der Waals surface area contributed by atoms with E-state index in [1.807, 2.05) is 13.8 Å². The first-order chi connectivity index (χ1) is 11.2. The van der Waals surface area contributed by atoms with Gasteiger partial charge < -0.3 is 19.7 Å². The van der Waals surface area contributed by atoms with E-state index in [0.29, 0.717) is 0 Å². The fourth-order valence-electron chi connectivity index (χ4n) is 2.77. The maximum atomic E-state index is 12.4. The van der Waals surface area contributed by atoms with Crippen LogP contribution in [0.2, 0.25) is 0 Å². The number of thioether (sulfide) groups is 1. The molecule has 2 fully saturated rings. The van der Waals surface area contributed by atoms with E-state index in [4.69, 9.17) is 4.74 Å². The van der Waals surface area contributed by atoms with Crippen molar-refractivity contribution >= 4 is 35.5 Å². The second-order valence-corrected chi connectivity index (χ2v) is 7.75. The smallest absolute Gasteiger partial charge is 0.330 e. The molecule has 0 aliphatic carbocycles. The molecule has 2 rings (SSSR count). The molecule has 8 nitrogen and oxygen atoms in total. The monoisotopic (exact) mass is 356 g/mol. The number of carbonyl (C=O) groups is 4. The van der Waals surface area contributed by atoms with Crippen molar-refractivity contribution in [2.24, 2.45) is 0 Å². The zero-order valence-electron chi connectivity index (χ0n) is 13.7. The van der Waals surface area contributed by atoms with Gasteiger partial charge in [-0.15, -0.1) is 11.8 Å². The van der Waals surface area contributed by atoms with E-state index in [0.717, 1.165) is 0 Å². The molecule has 24 heavy (non-hydrogen) atoms. The molecular formula is C15H20N2O6S. The molecular weight excluding hydrogens is 336 g/mol. The first-order valence-corrected chi connectivity index (χ1v) is 8.24. The van der Waals surface area contributed by atoms with Gasteiger partial charge in [0.25, 0.3) is 0 Å². The molecule has 0 aromatic carbocycles. The molecule has 2 saturated heterocycles. The Labute approximate surface area is 143 Å². The fourth-order valence-corrected chi connectivity index (χ4v) is 4.39. The van der Waals surface area contributed by atoms with Crippen molar-refractivity contribution in [2.75, 3.05) is 13.7 Å². The molecule has 1 unspecified atom stereocenters. The SMILES string of the molecule is C=CCOC(=O)C1N2C(=O)[C@@H](NC(=O)CC(=O)OC)[C@@H]2SC1(C)C. The molecule has 0 aromatic heterocycles. The van der Waals surface area contributed by atoms with Gasteiger partial charge in [-0.25, -0.2) is 4.79 Å². The minimum Gasteiger partial charge on any atom is -0.469 e. The average Bonchev–Trinajstić information content (AvgIpc) is 2.78. The predicted octanol–water partition coefficient (Wildman–Crippen LogP) is -0.174. The third-order valence-corrected chi connectivity index (χ3v) is 5.43. The van der Waals surface area contributed by atoms with Gasteiger partial charge in [-0.2, -0.15) is 0 Å². The lowest BCUT2D eigenvalue weighted by Crippen LogP contribution is -2.70. The van der Waals surface area contributed by atoms with E-state index in [2.05, 4.69) is 16.6 Å². The summed E-state index contributed by atoms with van der Waals surface area (Å²) in [6.07, 6.45) is 1.00. The van der Waals surface area contributed by atoms with Gasteiger partial charge >= 0.3 is 11.9 Å². The number of fused-ring (bicyclic) bond motifs is 1. The van der Waals surface area contributed by atoms with Crippen molar-refractivity contribution in [3.63, 3.8) is 0 Å². The second kappa shape index (κ2) is 6.84. The van der Waals surface area contributed by atoms with E-state index in [1.165, 1.54) is 29.8 Å². The fraction of sp³-hybridized carbons (Fsp3) is 0.600. The van der Waals surface area contributed by atoms with Crippen molar-refractivity contribution in [1.82, 2.24) is 10.2 Å². The van der Waals surface area contributed by atoms with E-state index in [1.54, 1.807) is 0 Å². The quantitative estimate of drug-likeness (QED) is 0.305. The van der Waals surface area contributed by atoms with E-state index in [9.17, 15) is 19.2 Å². The van der Waals surface area contributed by atoms with Crippen molar-refractivity contribution in [1.29, 1.82) is 0 Å². The molecule has 0 saturated carbocycles. The van der Waals surface area contributed by atoms with E-state index < -0.39 is 41.1 Å². The van der Waals surface area contributed by atoms with Crippen LogP contribution in [0.25, 0.3) is 0 Å². The first kappa shape index (κ1) is 18.3. The number of esters is 2. The van der Waals surface area contributed by atoms with E-state index in [-0.39, 0.29) is 17.9 Å². The zero-order chi connectivity index (χ0) is 18.1. The summed E-state index contributed by atoms with van der Waals surface area (Å²) in [5.41, 5.74) is 0. The third-order valence-electron chi connectivity index (χ3n) is 3.86. The van der Waals surface area contributed by atoms with Gasteiger partial charge in [0, 0.05) is 4.75 Å². The Bertz CT molecular complexity index is 591. The first-order valence-electron chi connectivity index (χ1n) is 7.36. The molecule has 1 N–H and O–H groups in total. The van der Waals surface area contributed by atoms with Crippen LogP contribution in [0.15, 0.2) is 12.7 Å². The van der Waals surface area contributed by atoms with Gasteiger partial charge in [-0.3, -0.25) is 14.4 Å². The largest absolute Gasteiger partial charge is 0.469 e. The number of methoxy groups -OCH3 is 1. The minimum atomic E-state index is -0.761. The summed E-state index contributed by atoms with van der Waals surface area (Å²) in [6.45, 7) is 7.24. The lowest BCUT2D eigenvalue weighted by molar-refractivity contribution is -0.163. The molecule has 0 radical (unpaired) electrons. The Morgan fingerprint density at radius 3 is 2.67 bits per heavy atom. The van der Waals surface area contributed by atoms with Crippen molar-refractivity contribution in [2.45, 2.75) is 42.5 Å². The second-order valence-electron chi connectivity index (χ2n) is 5.98. The number of hydrogen-bond donors (Lipinski definition) is 1. The Hall–Kier alpha value is -2.03. The number of amides is 2. The predicted molar refractivity (Wildman–Crippen MR) is 85.8 cm³/mol. The van der Waals surface area contributed by atoms with Crippen LogP contribution in [0.4, 0.5) is 0 Å². The molecule has 132 valence electrons. The maximum Gasteiger partial charge on any atom is 0.330 e. The zero-order valence-corrected chi connectivity index (χ0v) is 14.6. The summed E-state index contributed by atoms with van der Waals surface area (Å²) in [6, 6.07) is -1.49. The highest BCUT2D eigenvalue weighted by Gasteiger charge is 2.64. The number of rotatable bonds is 6. The maximum absolute atomic E-state index is 12.4. The summed E-state index contributed by atoms with van der Waals surface area (Å²) in [5.74, 6) is -2.13. The van der Waals surface area contributed by atoms with Crippen LogP contribution >= 0.6 is 11.8 Å². The van der Waals surface area contributed by atoms with Crippen LogP contribution in [0, 0.1) is 0 Å². The van der Waals surface area contributed by atoms with Crippen LogP contribution < -0.4 is 5.32 Å². The van der Waals surface area contributed by atoms with Gasteiger partial charge in [0.05, 0.1) is 7.11 Å². The summed E-state index contributed by atoms with van der Waals surface area (Å²) < 4.78 is 8.94. The molecule has 2 heterocycles. The van der Waals surface area contributed by atoms with Gasteiger partial charge in [0.1, 0.15) is 30.5 Å². The summed E-state index contributed by atoms with van der Waals surface area (Å²) in [7, 11) is 1.18. The molecule has 2 aliphatic heterocycles. The number of hydrogen-bond acceptors (Lipinski definition) is 7. The van der Waals surface area contributed by atoms with Crippen LogP contribution in [-0.4, -0.2) is 64.6 Å². The molecule has 0 aromatic rings. The lowest BCUT2D eigenvalue weighted by Gasteiger charge is -2.43. The van der Waals surface area contributed by atoms with Gasteiger partial charge in [-0.1, -0.05) is 12.7 Å². The summed E-state index contributed by atoms with van der Waals surface area (Å²) in [4.78, 5) is 48.9. The highest BCUT2D eigenvalue weighted by Crippen LogP contribution is 2.51. The summed E-state index contributed by atoms with van der Waals surface area (Å²) >= 11 is 1.41. The highest BCUT2D eigenvalue weighted by molar-refractivity contribution is 8.01. The number of β-lactam (4-membered cyclic amide) rings is 1. The van der Waals surface area contributed by atoms with E-state index >= 15 is 0 Å². The number of nitrogens with zero attached hydrogens (tertiary/aromatic N) is 1. The van der Waals surface area contributed by atoms with Gasteiger partial charge in [-0.05, 0) is 13.8 Å². The van der Waals surface area contributed by atoms with Gasteiger partial charge in [0.15, 0.2) is 0 Å². The molecule has 3 atom stereocenters. The Balaban J connectivity index is 2.05. The Morgan fingerprint density at radius 2 is 2.08 bits per heavy atom. The molecule has 2 amide bonds. The topological polar surface area (TPSA) is 102 Å². The molecule has 9 heteroatoms. The normalized spacial score (nSPS) is 26.9. The lowest BCUT2D eigenvalue weighted by atomic mass is 9.96. The van der Waals surface area contributed by atoms with Crippen LogP contribution in [0.5, 0.6) is 0 Å². The minimum absolute atomic E-state index is 0.0715. The standard InChI is InChI=1S/C15H20N2O6S/c1-5-6-23-14(21)11-15(2,3)24-13-10(12(20)17(11)13)16-8(18)7-9(19)22-4/h5,10-11,13H,1,6-7H2,2-4H3,(H,16,18)/t10-,11?,13+/m1/s1. The third kappa shape index (κ3) is 3.26. The Kier molecular flexibility index (Phi) is 5.22. The van der Waals surface area contributed by atoms with Crippen molar-refractivity contribution < 1.29 is 28.7 Å².